The first-order chi connectivity index (χ1) is 13.4. The predicted molar refractivity (Wildman–Crippen MR) is 112 cm³/mol. The summed E-state index contributed by atoms with van der Waals surface area (Å²) in [4.78, 5) is 15.5. The van der Waals surface area contributed by atoms with Gasteiger partial charge in [0.15, 0.2) is 11.6 Å². The van der Waals surface area contributed by atoms with Gasteiger partial charge in [-0.25, -0.2) is 4.98 Å². The molecule has 0 radical (unpaired) electrons. The van der Waals surface area contributed by atoms with Crippen LogP contribution in [0.25, 0.3) is 11.4 Å². The van der Waals surface area contributed by atoms with Crippen molar-refractivity contribution in [2.45, 2.75) is 16.6 Å². The SMILES string of the molecule is COc1cc(OC)cc(-c2nc(NCCN3CCCC3)nc(C(Cl)(Cl)Cl)n2)c1. The molecular weight excluding hydrogens is 425 g/mol. The standard InChI is InChI=1S/C18H22Cl3N5O2/c1-27-13-9-12(10-14(11-13)28-2)15-23-16(18(19,20)21)25-17(24-15)22-5-8-26-6-3-4-7-26/h9-11H,3-8H2,1-2H3,(H,22,23,24,25). The van der Waals surface area contributed by atoms with E-state index in [0.717, 1.165) is 19.6 Å². The van der Waals surface area contributed by atoms with Crippen molar-refractivity contribution >= 4 is 40.8 Å². The van der Waals surface area contributed by atoms with E-state index in [1.54, 1.807) is 32.4 Å². The minimum Gasteiger partial charge on any atom is -0.497 e. The molecule has 0 aliphatic carbocycles. The number of hydrogen-bond acceptors (Lipinski definition) is 7. The summed E-state index contributed by atoms with van der Waals surface area (Å²) in [6.45, 7) is 3.82. The molecule has 3 rings (SSSR count). The van der Waals surface area contributed by atoms with Crippen LogP contribution in [-0.4, -0.2) is 60.3 Å². The van der Waals surface area contributed by atoms with E-state index < -0.39 is 3.79 Å². The number of hydrogen-bond donors (Lipinski definition) is 1. The topological polar surface area (TPSA) is 72.4 Å². The molecule has 1 fully saturated rings. The van der Waals surface area contributed by atoms with Crippen LogP contribution in [-0.2, 0) is 3.79 Å². The molecule has 0 amide bonds. The van der Waals surface area contributed by atoms with Gasteiger partial charge in [0.2, 0.25) is 9.74 Å². The fourth-order valence-electron chi connectivity index (χ4n) is 2.98. The average Bonchev–Trinajstić information content (AvgIpc) is 3.20. The van der Waals surface area contributed by atoms with E-state index in [-0.39, 0.29) is 5.82 Å². The number of benzene rings is 1. The van der Waals surface area contributed by atoms with Gasteiger partial charge in [0, 0.05) is 24.7 Å². The summed E-state index contributed by atoms with van der Waals surface area (Å²) in [5.41, 5.74) is 0.664. The second-order valence-corrected chi connectivity index (χ2v) is 8.66. The molecule has 1 saturated heterocycles. The lowest BCUT2D eigenvalue weighted by atomic mass is 10.2. The van der Waals surface area contributed by atoms with E-state index in [1.165, 1.54) is 12.8 Å². The normalized spacial score (nSPS) is 14.9. The maximum atomic E-state index is 6.04. The zero-order valence-corrected chi connectivity index (χ0v) is 18.0. The maximum absolute atomic E-state index is 6.04. The first-order valence-corrected chi connectivity index (χ1v) is 10.1. The van der Waals surface area contributed by atoms with Crippen LogP contribution >= 0.6 is 34.8 Å². The van der Waals surface area contributed by atoms with Crippen molar-refractivity contribution in [2.24, 2.45) is 0 Å². The van der Waals surface area contributed by atoms with Gasteiger partial charge in [-0.15, -0.1) is 0 Å². The minimum atomic E-state index is -1.77. The van der Waals surface area contributed by atoms with Crippen LogP contribution in [0.1, 0.15) is 18.7 Å². The van der Waals surface area contributed by atoms with Crippen LogP contribution in [0.3, 0.4) is 0 Å². The van der Waals surface area contributed by atoms with E-state index in [2.05, 4.69) is 25.2 Å². The van der Waals surface area contributed by atoms with Crippen LogP contribution in [0.5, 0.6) is 11.5 Å². The molecule has 1 aromatic carbocycles. The summed E-state index contributed by atoms with van der Waals surface area (Å²) >= 11 is 18.1. The van der Waals surface area contributed by atoms with Gasteiger partial charge in [-0.05, 0) is 38.1 Å². The Hall–Kier alpha value is -1.54. The van der Waals surface area contributed by atoms with Gasteiger partial charge in [-0.3, -0.25) is 0 Å². The Morgan fingerprint density at radius 3 is 2.21 bits per heavy atom. The maximum Gasteiger partial charge on any atom is 0.250 e. The van der Waals surface area contributed by atoms with Crippen LogP contribution < -0.4 is 14.8 Å². The van der Waals surface area contributed by atoms with Crippen molar-refractivity contribution in [2.75, 3.05) is 45.7 Å². The first-order valence-electron chi connectivity index (χ1n) is 8.92. The molecule has 2 aromatic rings. The van der Waals surface area contributed by atoms with E-state index in [4.69, 9.17) is 44.3 Å². The van der Waals surface area contributed by atoms with E-state index >= 15 is 0 Å². The number of alkyl halides is 3. The molecule has 2 heterocycles. The Morgan fingerprint density at radius 1 is 1.00 bits per heavy atom. The van der Waals surface area contributed by atoms with Crippen molar-refractivity contribution in [1.29, 1.82) is 0 Å². The molecule has 0 spiro atoms. The van der Waals surface area contributed by atoms with Gasteiger partial charge in [0.1, 0.15) is 11.5 Å². The van der Waals surface area contributed by atoms with Crippen molar-refractivity contribution in [3.63, 3.8) is 0 Å². The third kappa shape index (κ3) is 5.50. The molecule has 10 heteroatoms. The predicted octanol–water partition coefficient (Wildman–Crippen LogP) is 3.89. The highest BCUT2D eigenvalue weighted by Gasteiger charge is 2.28. The number of rotatable bonds is 7. The molecule has 28 heavy (non-hydrogen) atoms. The number of halogens is 3. The van der Waals surface area contributed by atoms with Crippen molar-refractivity contribution < 1.29 is 9.47 Å². The molecule has 152 valence electrons. The zero-order valence-electron chi connectivity index (χ0n) is 15.7. The average molecular weight is 447 g/mol. The number of nitrogens with zero attached hydrogens (tertiary/aromatic N) is 4. The van der Waals surface area contributed by atoms with Gasteiger partial charge in [0.25, 0.3) is 0 Å². The number of methoxy groups -OCH3 is 2. The summed E-state index contributed by atoms with van der Waals surface area (Å²) in [5.74, 6) is 1.97. The third-order valence-electron chi connectivity index (χ3n) is 4.41. The van der Waals surface area contributed by atoms with Crippen molar-refractivity contribution in [3.05, 3.63) is 24.0 Å². The second kappa shape index (κ2) is 9.31. The summed E-state index contributed by atoms with van der Waals surface area (Å²) in [6, 6.07) is 5.33. The molecule has 0 atom stereocenters. The molecular formula is C18H22Cl3N5O2. The smallest absolute Gasteiger partial charge is 0.250 e. The van der Waals surface area contributed by atoms with E-state index in [9.17, 15) is 0 Å². The van der Waals surface area contributed by atoms with Crippen molar-refractivity contribution in [1.82, 2.24) is 19.9 Å². The molecule has 1 aromatic heterocycles. The first kappa shape index (κ1) is 21.2. The Kier molecular flexibility index (Phi) is 7.04. The number of aromatic nitrogens is 3. The Balaban J connectivity index is 1.89. The molecule has 1 N–H and O–H groups in total. The highest BCUT2D eigenvalue weighted by Crippen LogP contribution is 2.37. The minimum absolute atomic E-state index is 0.0490. The van der Waals surface area contributed by atoms with Crippen molar-refractivity contribution in [3.8, 4) is 22.9 Å². The van der Waals surface area contributed by atoms with Crippen LogP contribution in [0.15, 0.2) is 18.2 Å². The molecule has 1 aliphatic heterocycles. The lowest BCUT2D eigenvalue weighted by Gasteiger charge is -2.16. The molecule has 0 bridgehead atoms. The summed E-state index contributed by atoms with van der Waals surface area (Å²) < 4.78 is 8.86. The summed E-state index contributed by atoms with van der Waals surface area (Å²) in [6.07, 6.45) is 2.48. The Morgan fingerprint density at radius 2 is 1.64 bits per heavy atom. The van der Waals surface area contributed by atoms with E-state index in [0.29, 0.717) is 35.4 Å². The highest BCUT2D eigenvalue weighted by atomic mass is 35.6. The number of nitrogens with one attached hydrogen (secondary N) is 1. The molecule has 0 unspecified atom stereocenters. The van der Waals surface area contributed by atoms with Gasteiger partial charge in [-0.2, -0.15) is 9.97 Å². The van der Waals surface area contributed by atoms with Gasteiger partial charge in [0.05, 0.1) is 14.2 Å². The fraction of sp³-hybridized carbons (Fsp3) is 0.500. The molecule has 7 nitrogen and oxygen atoms in total. The van der Waals surface area contributed by atoms with Gasteiger partial charge >= 0.3 is 0 Å². The lowest BCUT2D eigenvalue weighted by molar-refractivity contribution is 0.352. The highest BCUT2D eigenvalue weighted by molar-refractivity contribution is 6.66. The largest absolute Gasteiger partial charge is 0.497 e. The monoisotopic (exact) mass is 445 g/mol. The number of anilines is 1. The van der Waals surface area contributed by atoms with Crippen LogP contribution in [0.4, 0.5) is 5.95 Å². The van der Waals surface area contributed by atoms with Gasteiger partial charge in [-0.1, -0.05) is 34.8 Å². The lowest BCUT2D eigenvalue weighted by Crippen LogP contribution is -2.26. The number of ether oxygens (including phenoxy) is 2. The fourth-order valence-corrected chi connectivity index (χ4v) is 3.23. The summed E-state index contributed by atoms with van der Waals surface area (Å²) in [5, 5.41) is 3.21. The Bertz CT molecular complexity index is 788. The second-order valence-electron chi connectivity index (χ2n) is 6.38. The van der Waals surface area contributed by atoms with Crippen LogP contribution in [0.2, 0.25) is 0 Å². The zero-order chi connectivity index (χ0) is 20.1. The molecule has 0 saturated carbocycles. The summed E-state index contributed by atoms with van der Waals surface area (Å²) in [7, 11) is 3.15. The quantitative estimate of drug-likeness (QED) is 0.647. The van der Waals surface area contributed by atoms with Crippen LogP contribution in [0, 0.1) is 0 Å². The van der Waals surface area contributed by atoms with E-state index in [1.807, 2.05) is 0 Å². The third-order valence-corrected chi connectivity index (χ3v) is 4.92. The Labute approximate surface area is 179 Å². The molecule has 1 aliphatic rings. The van der Waals surface area contributed by atoms with Gasteiger partial charge < -0.3 is 19.7 Å². The number of likely N-dealkylation sites (tertiary alicyclic amines) is 1.